The zero-order chi connectivity index (χ0) is 20.3. The van der Waals surface area contributed by atoms with Gasteiger partial charge in [0.25, 0.3) is 0 Å². The van der Waals surface area contributed by atoms with E-state index in [1.54, 1.807) is 0 Å². The Balaban J connectivity index is 0.00000301. The summed E-state index contributed by atoms with van der Waals surface area (Å²) in [7, 11) is 1.00. The number of hydrogen-bond acceptors (Lipinski definition) is 9. The van der Waals surface area contributed by atoms with Crippen LogP contribution in [0.2, 0.25) is 0 Å². The van der Waals surface area contributed by atoms with Gasteiger partial charge in [0.15, 0.2) is 11.9 Å². The lowest BCUT2D eigenvalue weighted by Gasteiger charge is -2.20. The maximum atomic E-state index is 11.9. The first-order valence-electron chi connectivity index (χ1n) is 7.48. The molecule has 0 aliphatic carbocycles. The van der Waals surface area contributed by atoms with Gasteiger partial charge in [-0.15, -0.1) is 0 Å². The molecule has 2 unspecified atom stereocenters. The molecule has 3 atom stereocenters. The highest BCUT2D eigenvalue weighted by Crippen LogP contribution is 2.16. The van der Waals surface area contributed by atoms with Crippen LogP contribution in [0, 0.1) is 0 Å². The second-order valence-electron chi connectivity index (χ2n) is 4.98. The van der Waals surface area contributed by atoms with Crippen molar-refractivity contribution in [3.63, 3.8) is 0 Å². The van der Waals surface area contributed by atoms with Crippen molar-refractivity contribution in [1.29, 1.82) is 0 Å². The van der Waals surface area contributed by atoms with E-state index in [4.69, 9.17) is 26.2 Å². The van der Waals surface area contributed by atoms with Gasteiger partial charge >= 0.3 is 12.0 Å². The van der Waals surface area contributed by atoms with Crippen molar-refractivity contribution in [2.24, 2.45) is 11.5 Å². The molecule has 13 nitrogen and oxygen atoms in total. The molecule has 0 radical (unpaired) electrons. The molecular formula is C13H24N6O7. The van der Waals surface area contributed by atoms with Crippen LogP contribution in [-0.2, 0) is 16.1 Å². The molecular weight excluding hydrogens is 352 g/mol. The van der Waals surface area contributed by atoms with Crippen molar-refractivity contribution in [3.8, 4) is 0 Å². The summed E-state index contributed by atoms with van der Waals surface area (Å²) in [5, 5.41) is 33.4. The third-order valence-electron chi connectivity index (χ3n) is 2.98. The van der Waals surface area contributed by atoms with Gasteiger partial charge in [-0.05, 0) is 13.3 Å². The van der Waals surface area contributed by atoms with Crippen LogP contribution in [0.4, 0.5) is 4.79 Å². The van der Waals surface area contributed by atoms with Gasteiger partial charge in [-0.2, -0.15) is 4.98 Å². The smallest absolute Gasteiger partial charge is 0.328 e. The molecule has 1 rings (SSSR count). The Bertz CT molecular complexity index is 591. The molecule has 1 heterocycles. The number of primary amides is 1. The molecule has 26 heavy (non-hydrogen) atoms. The van der Waals surface area contributed by atoms with Crippen molar-refractivity contribution in [1.82, 2.24) is 20.8 Å². The normalized spacial score (nSPS) is 13.6. The topological polar surface area (TPSA) is 227 Å². The number of aliphatic hydroxyl groups excluding tert-OH is 2. The Labute approximate surface area is 148 Å². The number of urea groups is 1. The van der Waals surface area contributed by atoms with Crippen LogP contribution in [0.25, 0.3) is 0 Å². The highest BCUT2D eigenvalue weighted by molar-refractivity contribution is 5.83. The molecule has 0 spiro atoms. The van der Waals surface area contributed by atoms with Crippen LogP contribution in [0.5, 0.6) is 0 Å². The summed E-state index contributed by atoms with van der Waals surface area (Å²) in [6.07, 6.45) is -1.34. The van der Waals surface area contributed by atoms with Crippen LogP contribution in [0.3, 0.4) is 0 Å². The Morgan fingerprint density at radius 1 is 1.27 bits per heavy atom. The molecule has 0 saturated heterocycles. The van der Waals surface area contributed by atoms with Crippen LogP contribution >= 0.6 is 0 Å². The minimum Gasteiger partial charge on any atom is -0.480 e. The van der Waals surface area contributed by atoms with Crippen LogP contribution in [-0.4, -0.2) is 62.6 Å². The van der Waals surface area contributed by atoms with E-state index in [0.717, 1.165) is 7.11 Å². The number of aliphatic carboxylic acids is 1. The summed E-state index contributed by atoms with van der Waals surface area (Å²) >= 11 is 0. The molecule has 0 bridgehead atoms. The van der Waals surface area contributed by atoms with E-state index in [2.05, 4.69) is 20.8 Å². The zero-order valence-corrected chi connectivity index (χ0v) is 14.4. The molecule has 1 aromatic heterocycles. The molecule has 0 aliphatic heterocycles. The lowest BCUT2D eigenvalue weighted by molar-refractivity contribution is -0.141. The maximum absolute atomic E-state index is 11.9. The van der Waals surface area contributed by atoms with Crippen molar-refractivity contribution in [2.45, 2.75) is 44.5 Å². The van der Waals surface area contributed by atoms with Gasteiger partial charge in [0, 0.05) is 13.5 Å². The van der Waals surface area contributed by atoms with E-state index in [0.29, 0.717) is 0 Å². The fourth-order valence-electron chi connectivity index (χ4n) is 1.77. The summed E-state index contributed by atoms with van der Waals surface area (Å²) < 4.78 is 4.95. The van der Waals surface area contributed by atoms with Gasteiger partial charge in [-0.3, -0.25) is 4.79 Å². The number of hydrogen-bond donors (Lipinski definition) is 7. The average molecular weight is 376 g/mol. The number of nitrogens with zero attached hydrogens (tertiary/aromatic N) is 2. The molecule has 0 aliphatic rings. The molecule has 9 N–H and O–H groups in total. The average Bonchev–Trinajstić information content (AvgIpc) is 3.06. The van der Waals surface area contributed by atoms with Crippen molar-refractivity contribution < 1.29 is 34.2 Å². The Morgan fingerprint density at radius 2 is 1.88 bits per heavy atom. The first-order valence-corrected chi connectivity index (χ1v) is 7.48. The first kappa shape index (κ1) is 23.2. The van der Waals surface area contributed by atoms with E-state index < -0.39 is 36.1 Å². The van der Waals surface area contributed by atoms with Gasteiger partial charge in [0.05, 0.1) is 12.6 Å². The van der Waals surface area contributed by atoms with Gasteiger partial charge in [0.1, 0.15) is 6.04 Å². The van der Waals surface area contributed by atoms with Crippen LogP contribution in [0.15, 0.2) is 4.52 Å². The molecule has 3 amide bonds. The largest absolute Gasteiger partial charge is 0.480 e. The fourth-order valence-corrected chi connectivity index (χ4v) is 1.77. The third kappa shape index (κ3) is 7.87. The monoisotopic (exact) mass is 376 g/mol. The minimum absolute atomic E-state index is 0.00391. The number of amides is 3. The lowest BCUT2D eigenvalue weighted by atomic mass is 10.1. The summed E-state index contributed by atoms with van der Waals surface area (Å²) in [4.78, 5) is 37.8. The standard InChI is InChI=1S/C12H20N6O6.CH4O/c1-5(19)9(11(21)22)17-12(23)15-6(2-3-7(14)20)10-16-8(4-13)18-24-10;1-2/h5-6,9,19H,2-4,13H2,1H3,(H2,14,20)(H,21,22)(H2,15,17,23);2H,1H3/t5?,6-,9?;/m1./s1. The summed E-state index contributed by atoms with van der Waals surface area (Å²) in [6.45, 7) is 1.23. The van der Waals surface area contributed by atoms with Crippen molar-refractivity contribution in [2.75, 3.05) is 7.11 Å². The second kappa shape index (κ2) is 11.7. The third-order valence-corrected chi connectivity index (χ3v) is 2.98. The SMILES string of the molecule is CC(O)C(NC(=O)N[C@H](CCC(N)=O)c1nc(CN)no1)C(=O)O.CO. The number of nitrogens with two attached hydrogens (primary N) is 2. The Kier molecular flexibility index (Phi) is 10.5. The number of rotatable bonds is 9. The predicted molar refractivity (Wildman–Crippen MR) is 86.3 cm³/mol. The van der Waals surface area contributed by atoms with E-state index in [-0.39, 0.29) is 31.1 Å². The van der Waals surface area contributed by atoms with E-state index in [1.165, 1.54) is 6.92 Å². The number of carbonyl (C=O) groups excluding carboxylic acids is 2. The molecule has 13 heteroatoms. The Morgan fingerprint density at radius 3 is 2.31 bits per heavy atom. The van der Waals surface area contributed by atoms with Gasteiger partial charge < -0.3 is 41.9 Å². The molecule has 0 saturated carbocycles. The molecule has 0 fully saturated rings. The van der Waals surface area contributed by atoms with Gasteiger partial charge in [0.2, 0.25) is 11.8 Å². The van der Waals surface area contributed by atoms with Crippen LogP contribution < -0.4 is 22.1 Å². The van der Waals surface area contributed by atoms with E-state index in [1.807, 2.05) is 0 Å². The summed E-state index contributed by atoms with van der Waals surface area (Å²) in [6, 6.07) is -3.29. The number of carboxylic acid groups (broad SMARTS) is 1. The maximum Gasteiger partial charge on any atom is 0.328 e. The summed E-state index contributed by atoms with van der Waals surface area (Å²) in [5.74, 6) is -1.82. The Hall–Kier alpha value is -2.77. The minimum atomic E-state index is -1.51. The van der Waals surface area contributed by atoms with Crippen molar-refractivity contribution >= 4 is 17.9 Å². The first-order chi connectivity index (χ1) is 12.2. The number of carboxylic acids is 1. The molecule has 148 valence electrons. The molecule has 0 aromatic carbocycles. The molecule has 1 aromatic rings. The fraction of sp³-hybridized carbons (Fsp3) is 0.615. The lowest BCUT2D eigenvalue weighted by Crippen LogP contribution is -2.51. The highest BCUT2D eigenvalue weighted by Gasteiger charge is 2.27. The summed E-state index contributed by atoms with van der Waals surface area (Å²) in [5.41, 5.74) is 10.4. The number of nitrogens with one attached hydrogen (secondary N) is 2. The number of aromatic nitrogens is 2. The number of carbonyl (C=O) groups is 3. The second-order valence-corrected chi connectivity index (χ2v) is 4.98. The van der Waals surface area contributed by atoms with E-state index >= 15 is 0 Å². The quantitative estimate of drug-likeness (QED) is 0.241. The van der Waals surface area contributed by atoms with Crippen molar-refractivity contribution in [3.05, 3.63) is 11.7 Å². The van der Waals surface area contributed by atoms with Crippen LogP contribution in [0.1, 0.15) is 37.5 Å². The van der Waals surface area contributed by atoms with Gasteiger partial charge in [-0.25, -0.2) is 9.59 Å². The highest BCUT2D eigenvalue weighted by atomic mass is 16.5. The predicted octanol–water partition coefficient (Wildman–Crippen LogP) is -2.42. The zero-order valence-electron chi connectivity index (χ0n) is 14.4. The van der Waals surface area contributed by atoms with Gasteiger partial charge in [-0.1, -0.05) is 5.16 Å². The number of aliphatic hydroxyl groups is 2. The van der Waals surface area contributed by atoms with E-state index in [9.17, 15) is 19.5 Å².